The summed E-state index contributed by atoms with van der Waals surface area (Å²) in [4.78, 5) is 15.4. The monoisotopic (exact) mass is 323 g/mol. The first-order chi connectivity index (χ1) is 11.0. The number of aliphatic imine (C=N–C) groups is 1. The second-order valence-electron chi connectivity index (χ2n) is 4.20. The maximum absolute atomic E-state index is 14.1. The fourth-order valence-electron chi connectivity index (χ4n) is 1.60. The number of nitrogens with one attached hydrogen (secondary N) is 1. The average molecular weight is 323 g/mol. The van der Waals surface area contributed by atoms with Crippen LogP contribution in [-0.2, 0) is 11.3 Å². The summed E-state index contributed by atoms with van der Waals surface area (Å²) in [6, 6.07) is 3.24. The molecule has 1 aromatic carbocycles. The largest absolute Gasteiger partial charge is 0.470 e. The molecule has 2 amide bonds. The van der Waals surface area contributed by atoms with Gasteiger partial charge in [-0.3, -0.25) is 10.4 Å². The third-order valence-electron chi connectivity index (χ3n) is 2.86. The van der Waals surface area contributed by atoms with Gasteiger partial charge in [0.25, 0.3) is 5.90 Å². The van der Waals surface area contributed by atoms with Gasteiger partial charge in [-0.05, 0) is 19.1 Å². The van der Waals surface area contributed by atoms with Crippen LogP contribution >= 0.6 is 0 Å². The zero-order valence-corrected chi connectivity index (χ0v) is 12.8. The van der Waals surface area contributed by atoms with Gasteiger partial charge in [-0.25, -0.2) is 25.9 Å². The molecule has 0 saturated carbocycles. The lowest BCUT2D eigenvalue weighted by Crippen LogP contribution is -2.48. The number of hydrazine groups is 2. The lowest BCUT2D eigenvalue weighted by molar-refractivity contribution is 0.246. The van der Waals surface area contributed by atoms with E-state index in [4.69, 9.17) is 16.4 Å². The predicted octanol–water partition coefficient (Wildman–Crippen LogP) is 0.711. The van der Waals surface area contributed by atoms with Crippen molar-refractivity contribution in [2.24, 2.45) is 26.9 Å². The standard InChI is InChI=1S/C13H18FN7O2/c1-8(17-2)12(20-18-3)23-7-9-10(14)5-4-6-11(9)21(16)13(22)19-15/h4-6H,3,7,15-16H2,1-2H3,(H,19,22)/b17-8?,20-12+. The fraction of sp³-hybridized carbons (Fsp3) is 0.231. The molecule has 0 spiro atoms. The second kappa shape index (κ2) is 8.56. The summed E-state index contributed by atoms with van der Waals surface area (Å²) < 4.78 is 19.5. The summed E-state index contributed by atoms with van der Waals surface area (Å²) in [6.45, 7) is 4.62. The first-order valence-electron chi connectivity index (χ1n) is 6.39. The highest BCUT2D eigenvalue weighted by Crippen LogP contribution is 2.22. The van der Waals surface area contributed by atoms with Crippen molar-refractivity contribution in [1.82, 2.24) is 5.43 Å². The highest BCUT2D eigenvalue weighted by Gasteiger charge is 2.18. The SMILES string of the molecule is C=N/N=C(/OCc1c(F)cccc1N(N)C(=O)NN)C(C)=NC. The number of benzene rings is 1. The molecule has 124 valence electrons. The summed E-state index contributed by atoms with van der Waals surface area (Å²) in [6.07, 6.45) is 0. The maximum Gasteiger partial charge on any atom is 0.350 e. The Bertz CT molecular complexity index is 645. The Morgan fingerprint density at radius 3 is 2.78 bits per heavy atom. The smallest absolute Gasteiger partial charge is 0.350 e. The predicted molar refractivity (Wildman–Crippen MR) is 86.6 cm³/mol. The number of urea groups is 1. The van der Waals surface area contributed by atoms with Gasteiger partial charge in [0.2, 0.25) is 0 Å². The molecule has 23 heavy (non-hydrogen) atoms. The zero-order valence-electron chi connectivity index (χ0n) is 12.8. The number of carbonyl (C=O) groups is 1. The van der Waals surface area contributed by atoms with Crippen LogP contribution in [0.3, 0.4) is 0 Å². The third kappa shape index (κ3) is 4.56. The summed E-state index contributed by atoms with van der Waals surface area (Å²) in [5, 5.41) is 7.71. The first-order valence-corrected chi connectivity index (χ1v) is 6.39. The van der Waals surface area contributed by atoms with Gasteiger partial charge in [-0.2, -0.15) is 5.10 Å². The Labute approximate surface area is 132 Å². The van der Waals surface area contributed by atoms with E-state index in [0.29, 0.717) is 10.7 Å². The van der Waals surface area contributed by atoms with Crippen LogP contribution in [0.4, 0.5) is 14.9 Å². The lowest BCUT2D eigenvalue weighted by Gasteiger charge is -2.20. The van der Waals surface area contributed by atoms with Crippen LogP contribution in [-0.4, -0.2) is 31.4 Å². The topological polar surface area (TPSA) is 131 Å². The lowest BCUT2D eigenvalue weighted by atomic mass is 10.1. The Kier molecular flexibility index (Phi) is 6.77. The molecule has 0 aliphatic carbocycles. The summed E-state index contributed by atoms with van der Waals surface area (Å²) >= 11 is 0. The van der Waals surface area contributed by atoms with Crippen molar-refractivity contribution in [1.29, 1.82) is 0 Å². The van der Waals surface area contributed by atoms with E-state index in [1.807, 2.05) is 5.43 Å². The van der Waals surface area contributed by atoms with Gasteiger partial charge in [-0.1, -0.05) is 6.07 Å². The number of ether oxygens (including phenoxy) is 1. The highest BCUT2D eigenvalue weighted by molar-refractivity contribution is 6.37. The highest BCUT2D eigenvalue weighted by atomic mass is 19.1. The molecule has 0 radical (unpaired) electrons. The molecule has 1 aromatic rings. The Hall–Kier alpha value is -2.85. The van der Waals surface area contributed by atoms with E-state index in [1.54, 1.807) is 14.0 Å². The van der Waals surface area contributed by atoms with Gasteiger partial charge in [0, 0.05) is 13.8 Å². The Morgan fingerprint density at radius 2 is 2.22 bits per heavy atom. The molecular weight excluding hydrogens is 305 g/mol. The molecule has 0 aromatic heterocycles. The summed E-state index contributed by atoms with van der Waals surface area (Å²) in [5.74, 6) is 10.1. The number of anilines is 1. The van der Waals surface area contributed by atoms with Crippen LogP contribution in [0.25, 0.3) is 0 Å². The van der Waals surface area contributed by atoms with Gasteiger partial charge < -0.3 is 4.74 Å². The van der Waals surface area contributed by atoms with E-state index in [1.165, 1.54) is 18.2 Å². The number of amides is 2. The summed E-state index contributed by atoms with van der Waals surface area (Å²) in [7, 11) is 1.54. The van der Waals surface area contributed by atoms with Crippen LogP contribution < -0.4 is 22.1 Å². The van der Waals surface area contributed by atoms with Crippen molar-refractivity contribution in [3.63, 3.8) is 0 Å². The molecule has 0 heterocycles. The molecule has 0 fully saturated rings. The third-order valence-corrected chi connectivity index (χ3v) is 2.86. The number of carbonyl (C=O) groups excluding carboxylic acids is 1. The molecule has 0 bridgehead atoms. The van der Waals surface area contributed by atoms with E-state index in [0.717, 1.165) is 0 Å². The van der Waals surface area contributed by atoms with E-state index in [-0.39, 0.29) is 23.8 Å². The van der Waals surface area contributed by atoms with Gasteiger partial charge in [0.05, 0.1) is 17.0 Å². The minimum atomic E-state index is -0.815. The number of rotatable bonds is 5. The number of nitrogens with two attached hydrogens (primary N) is 2. The van der Waals surface area contributed by atoms with Crippen LogP contribution in [0.15, 0.2) is 33.4 Å². The van der Waals surface area contributed by atoms with Crippen molar-refractivity contribution in [2.75, 3.05) is 12.1 Å². The van der Waals surface area contributed by atoms with Crippen LogP contribution in [0.1, 0.15) is 12.5 Å². The molecule has 0 aliphatic heterocycles. The number of hydrogen-bond acceptors (Lipinski definition) is 7. The van der Waals surface area contributed by atoms with Gasteiger partial charge in [0.1, 0.15) is 12.4 Å². The minimum absolute atomic E-state index is 0.0410. The Morgan fingerprint density at radius 1 is 1.52 bits per heavy atom. The summed E-state index contributed by atoms with van der Waals surface area (Å²) in [5.41, 5.74) is 2.43. The van der Waals surface area contributed by atoms with Gasteiger partial charge in [-0.15, -0.1) is 5.10 Å². The normalized spacial score (nSPS) is 11.9. The quantitative estimate of drug-likeness (QED) is 0.242. The number of nitrogens with zero attached hydrogens (tertiary/aromatic N) is 4. The molecule has 10 heteroatoms. The van der Waals surface area contributed by atoms with Crippen LogP contribution in [0, 0.1) is 5.82 Å². The number of halogens is 1. The van der Waals surface area contributed by atoms with Crippen molar-refractivity contribution in [3.05, 3.63) is 29.6 Å². The fourth-order valence-corrected chi connectivity index (χ4v) is 1.60. The van der Waals surface area contributed by atoms with Crippen LogP contribution in [0.2, 0.25) is 0 Å². The average Bonchev–Trinajstić information content (AvgIpc) is 2.57. The van der Waals surface area contributed by atoms with E-state index < -0.39 is 11.8 Å². The van der Waals surface area contributed by atoms with E-state index in [2.05, 4.69) is 21.9 Å². The molecule has 5 N–H and O–H groups in total. The molecule has 0 saturated heterocycles. The number of hydrogen-bond donors (Lipinski definition) is 3. The molecule has 0 atom stereocenters. The van der Waals surface area contributed by atoms with Crippen molar-refractivity contribution >= 4 is 30.0 Å². The zero-order chi connectivity index (χ0) is 17.4. The van der Waals surface area contributed by atoms with Gasteiger partial charge >= 0.3 is 6.03 Å². The molecule has 0 aliphatic rings. The van der Waals surface area contributed by atoms with E-state index in [9.17, 15) is 9.18 Å². The van der Waals surface area contributed by atoms with Crippen molar-refractivity contribution in [2.45, 2.75) is 13.5 Å². The first kappa shape index (κ1) is 18.2. The van der Waals surface area contributed by atoms with Gasteiger partial charge in [0.15, 0.2) is 0 Å². The van der Waals surface area contributed by atoms with Crippen LogP contribution in [0.5, 0.6) is 0 Å². The van der Waals surface area contributed by atoms with Crippen molar-refractivity contribution in [3.8, 4) is 0 Å². The Balaban J connectivity index is 3.11. The molecular formula is C13H18FN7O2. The maximum atomic E-state index is 14.1. The van der Waals surface area contributed by atoms with E-state index >= 15 is 0 Å². The molecule has 1 rings (SSSR count). The molecule has 0 unspecified atom stereocenters. The van der Waals surface area contributed by atoms with Crippen molar-refractivity contribution < 1.29 is 13.9 Å². The second-order valence-corrected chi connectivity index (χ2v) is 4.20. The minimum Gasteiger partial charge on any atom is -0.470 e. The molecule has 9 nitrogen and oxygen atoms in total.